The second-order valence-electron chi connectivity index (χ2n) is 5.38. The molecule has 7 nitrogen and oxygen atoms in total. The summed E-state index contributed by atoms with van der Waals surface area (Å²) in [6.07, 6.45) is 0. The fourth-order valence-electron chi connectivity index (χ4n) is 2.43. The van der Waals surface area contributed by atoms with Gasteiger partial charge in [-0.2, -0.15) is 0 Å². The van der Waals surface area contributed by atoms with Crippen molar-refractivity contribution in [2.75, 3.05) is 33.6 Å². The second-order valence-corrected chi connectivity index (χ2v) is 6.24. The number of nitrogens with zero attached hydrogens (tertiary/aromatic N) is 2. The molecule has 0 atom stereocenters. The van der Waals surface area contributed by atoms with E-state index in [0.29, 0.717) is 19.7 Å². The minimum absolute atomic E-state index is 0.181. The van der Waals surface area contributed by atoms with Crippen molar-refractivity contribution in [3.05, 3.63) is 29.3 Å². The minimum Gasteiger partial charge on any atom is -0.454 e. The summed E-state index contributed by atoms with van der Waals surface area (Å²) >= 11 is 1.55. The van der Waals surface area contributed by atoms with Crippen molar-refractivity contribution >= 4 is 17.2 Å². The predicted molar refractivity (Wildman–Crippen MR) is 90.0 cm³/mol. The molecule has 24 heavy (non-hydrogen) atoms. The van der Waals surface area contributed by atoms with Crippen LogP contribution in [0.15, 0.2) is 23.6 Å². The van der Waals surface area contributed by atoms with Gasteiger partial charge in [-0.25, -0.2) is 4.98 Å². The molecule has 0 aliphatic carbocycles. The molecule has 0 saturated heterocycles. The molecular weight excluding hydrogens is 330 g/mol. The van der Waals surface area contributed by atoms with Gasteiger partial charge < -0.3 is 19.9 Å². The number of fused-ring (bicyclic) bond motifs is 1. The van der Waals surface area contributed by atoms with Crippen LogP contribution >= 0.6 is 11.3 Å². The van der Waals surface area contributed by atoms with Crippen molar-refractivity contribution < 1.29 is 19.0 Å². The molecule has 1 aliphatic rings. The summed E-state index contributed by atoms with van der Waals surface area (Å²) in [4.78, 5) is 17.8. The third-order valence-corrected chi connectivity index (χ3v) is 4.49. The SMILES string of the molecule is COCCN(CC(N)=O)Cc1csc(-c2ccc3c(c2)OCO3)n1. The maximum absolute atomic E-state index is 11.2. The largest absolute Gasteiger partial charge is 0.454 e. The van der Waals surface area contributed by atoms with Crippen molar-refractivity contribution in [3.8, 4) is 22.1 Å². The van der Waals surface area contributed by atoms with Crippen molar-refractivity contribution in [2.45, 2.75) is 6.54 Å². The van der Waals surface area contributed by atoms with Crippen LogP contribution in [-0.2, 0) is 16.1 Å². The van der Waals surface area contributed by atoms with Crippen molar-refractivity contribution in [1.29, 1.82) is 0 Å². The number of carbonyl (C=O) groups excluding carboxylic acids is 1. The Balaban J connectivity index is 1.71. The highest BCUT2D eigenvalue weighted by molar-refractivity contribution is 7.13. The van der Waals surface area contributed by atoms with Crippen molar-refractivity contribution in [3.63, 3.8) is 0 Å². The van der Waals surface area contributed by atoms with Gasteiger partial charge in [0.15, 0.2) is 11.5 Å². The van der Waals surface area contributed by atoms with Gasteiger partial charge in [0.25, 0.3) is 0 Å². The van der Waals surface area contributed by atoms with Gasteiger partial charge in [-0.15, -0.1) is 11.3 Å². The summed E-state index contributed by atoms with van der Waals surface area (Å²) in [7, 11) is 1.63. The molecule has 1 amide bonds. The lowest BCUT2D eigenvalue weighted by molar-refractivity contribution is -0.119. The van der Waals surface area contributed by atoms with Crippen LogP contribution < -0.4 is 15.2 Å². The van der Waals surface area contributed by atoms with Gasteiger partial charge >= 0.3 is 0 Å². The highest BCUT2D eigenvalue weighted by atomic mass is 32.1. The molecule has 1 aromatic heterocycles. The van der Waals surface area contributed by atoms with Gasteiger partial charge in [-0.3, -0.25) is 9.69 Å². The first kappa shape index (κ1) is 16.7. The van der Waals surface area contributed by atoms with E-state index in [4.69, 9.17) is 19.9 Å². The Labute approximate surface area is 143 Å². The maximum Gasteiger partial charge on any atom is 0.231 e. The number of benzene rings is 1. The summed E-state index contributed by atoms with van der Waals surface area (Å²) < 4.78 is 15.8. The molecule has 1 aliphatic heterocycles. The third-order valence-electron chi connectivity index (χ3n) is 3.55. The molecule has 0 spiro atoms. The van der Waals surface area contributed by atoms with Gasteiger partial charge in [-0.1, -0.05) is 0 Å². The molecule has 2 heterocycles. The summed E-state index contributed by atoms with van der Waals surface area (Å²) in [5.74, 6) is 1.12. The smallest absolute Gasteiger partial charge is 0.231 e. The van der Waals surface area contributed by atoms with Crippen molar-refractivity contribution in [2.24, 2.45) is 5.73 Å². The third kappa shape index (κ3) is 4.02. The number of ether oxygens (including phenoxy) is 3. The number of rotatable bonds is 8. The lowest BCUT2D eigenvalue weighted by Crippen LogP contribution is -2.35. The Kier molecular flexibility index (Phi) is 5.29. The number of thiazole rings is 1. The Morgan fingerprint density at radius 3 is 3.04 bits per heavy atom. The standard InChI is InChI=1S/C16H19N3O4S/c1-21-5-4-19(8-15(17)20)7-12-9-24-16(18-12)11-2-3-13-14(6-11)23-10-22-13/h2-3,6,9H,4-5,7-8,10H2,1H3,(H2,17,20). The van der Waals surface area contributed by atoms with E-state index < -0.39 is 0 Å². The first-order valence-corrected chi connectivity index (χ1v) is 8.37. The van der Waals surface area contributed by atoms with Gasteiger partial charge in [0.05, 0.1) is 18.8 Å². The zero-order valence-electron chi connectivity index (χ0n) is 13.4. The number of hydrogen-bond donors (Lipinski definition) is 1. The number of primary amides is 1. The van der Waals surface area contributed by atoms with E-state index in [1.807, 2.05) is 28.5 Å². The average molecular weight is 349 g/mol. The van der Waals surface area contributed by atoms with Gasteiger partial charge in [-0.05, 0) is 18.2 Å². The molecule has 128 valence electrons. The Morgan fingerprint density at radius 2 is 2.25 bits per heavy atom. The molecular formula is C16H19N3O4S. The van der Waals surface area contributed by atoms with Gasteiger partial charge in [0.1, 0.15) is 5.01 Å². The number of amides is 1. The number of carbonyl (C=O) groups is 1. The quantitative estimate of drug-likeness (QED) is 0.777. The first-order valence-electron chi connectivity index (χ1n) is 7.49. The van der Waals surface area contributed by atoms with E-state index in [1.165, 1.54) is 0 Å². The summed E-state index contributed by atoms with van der Waals surface area (Å²) in [6, 6.07) is 5.77. The van der Waals surface area contributed by atoms with Crippen LogP contribution in [-0.4, -0.2) is 49.4 Å². The molecule has 0 bridgehead atoms. The van der Waals surface area contributed by atoms with Crippen LogP contribution in [0.3, 0.4) is 0 Å². The number of hydrogen-bond acceptors (Lipinski definition) is 7. The lowest BCUT2D eigenvalue weighted by atomic mass is 10.2. The van der Waals surface area contributed by atoms with E-state index in [2.05, 4.69) is 4.98 Å². The van der Waals surface area contributed by atoms with Crippen LogP contribution in [0.2, 0.25) is 0 Å². The molecule has 3 rings (SSSR count). The monoisotopic (exact) mass is 349 g/mol. The van der Waals surface area contributed by atoms with Crippen LogP contribution in [0.1, 0.15) is 5.69 Å². The van der Waals surface area contributed by atoms with E-state index in [-0.39, 0.29) is 19.2 Å². The number of methoxy groups -OCH3 is 1. The molecule has 2 N–H and O–H groups in total. The summed E-state index contributed by atoms with van der Waals surface area (Å²) in [6.45, 7) is 2.14. The average Bonchev–Trinajstić information content (AvgIpc) is 3.20. The normalized spacial score (nSPS) is 12.8. The minimum atomic E-state index is -0.364. The van der Waals surface area contributed by atoms with E-state index in [1.54, 1.807) is 18.4 Å². The van der Waals surface area contributed by atoms with Crippen LogP contribution in [0.5, 0.6) is 11.5 Å². The summed E-state index contributed by atoms with van der Waals surface area (Å²) in [5.41, 5.74) is 7.18. The number of nitrogens with two attached hydrogens (primary N) is 1. The highest BCUT2D eigenvalue weighted by Gasteiger charge is 2.16. The van der Waals surface area contributed by atoms with E-state index in [9.17, 15) is 4.79 Å². The van der Waals surface area contributed by atoms with Crippen LogP contribution in [0.4, 0.5) is 0 Å². The van der Waals surface area contributed by atoms with Crippen LogP contribution in [0.25, 0.3) is 10.6 Å². The fourth-order valence-corrected chi connectivity index (χ4v) is 3.23. The Bertz CT molecular complexity index is 719. The van der Waals surface area contributed by atoms with Gasteiger partial charge in [0, 0.05) is 31.1 Å². The predicted octanol–water partition coefficient (Wildman–Crippen LogP) is 1.47. The molecule has 0 unspecified atom stereocenters. The maximum atomic E-state index is 11.2. The fraction of sp³-hybridized carbons (Fsp3) is 0.375. The topological polar surface area (TPSA) is 86.9 Å². The van der Waals surface area contributed by atoms with Gasteiger partial charge in [0.2, 0.25) is 12.7 Å². The summed E-state index contributed by atoms with van der Waals surface area (Å²) in [5, 5.41) is 2.88. The second kappa shape index (κ2) is 7.61. The zero-order chi connectivity index (χ0) is 16.9. The van der Waals surface area contributed by atoms with Crippen LogP contribution in [0, 0.1) is 0 Å². The van der Waals surface area contributed by atoms with E-state index in [0.717, 1.165) is 27.8 Å². The molecule has 0 fully saturated rings. The highest BCUT2D eigenvalue weighted by Crippen LogP contribution is 2.36. The molecule has 0 saturated carbocycles. The lowest BCUT2D eigenvalue weighted by Gasteiger charge is -2.18. The first-order chi connectivity index (χ1) is 11.7. The molecule has 1 aromatic carbocycles. The molecule has 2 aromatic rings. The zero-order valence-corrected chi connectivity index (χ0v) is 14.2. The Morgan fingerprint density at radius 1 is 1.42 bits per heavy atom. The number of aromatic nitrogens is 1. The van der Waals surface area contributed by atoms with Crippen molar-refractivity contribution in [1.82, 2.24) is 9.88 Å². The molecule has 8 heteroatoms. The Hall–Kier alpha value is -2.16. The van der Waals surface area contributed by atoms with E-state index >= 15 is 0 Å². The molecule has 0 radical (unpaired) electrons.